The highest BCUT2D eigenvalue weighted by Crippen LogP contribution is 2.13. The Morgan fingerprint density at radius 2 is 1.11 bits per heavy atom. The van der Waals surface area contributed by atoms with Crippen LogP contribution in [0.2, 0.25) is 0 Å². The first kappa shape index (κ1) is 35.1. The number of carbonyl (C=O) groups excluding carboxylic acids is 3. The fourth-order valence-electron chi connectivity index (χ4n) is 4.68. The van der Waals surface area contributed by atoms with Gasteiger partial charge in [-0.2, -0.15) is 0 Å². The topological polar surface area (TPSA) is 235 Å². The molecule has 4 atom stereocenters. The molecule has 0 fully saturated rings. The van der Waals surface area contributed by atoms with E-state index in [0.717, 1.165) is 5.56 Å². The summed E-state index contributed by atoms with van der Waals surface area (Å²) >= 11 is 0. The van der Waals surface area contributed by atoms with Crippen molar-refractivity contribution in [1.82, 2.24) is 16.0 Å². The molecular weight excluding hydrogens is 590 g/mol. The van der Waals surface area contributed by atoms with Gasteiger partial charge in [0.05, 0.1) is 6.04 Å². The molecule has 0 radical (unpaired) electrons. The van der Waals surface area contributed by atoms with Crippen LogP contribution < -0.4 is 33.2 Å². The van der Waals surface area contributed by atoms with Gasteiger partial charge in [0.1, 0.15) is 23.9 Å². The van der Waals surface area contributed by atoms with Gasteiger partial charge in [-0.1, -0.05) is 72.8 Å². The lowest BCUT2D eigenvalue weighted by Gasteiger charge is -2.25. The summed E-state index contributed by atoms with van der Waals surface area (Å²) in [7, 11) is 0. The number of hydrogen-bond acceptors (Lipinski definition) is 7. The van der Waals surface area contributed by atoms with Crippen molar-refractivity contribution < 1.29 is 29.4 Å². The van der Waals surface area contributed by atoms with Crippen molar-refractivity contribution in [2.45, 2.75) is 56.3 Å². The molecule has 0 aliphatic carbocycles. The summed E-state index contributed by atoms with van der Waals surface area (Å²) in [4.78, 5) is 56.2. The summed E-state index contributed by atoms with van der Waals surface area (Å²) in [6.07, 6.45) is 0.640. The van der Waals surface area contributed by atoms with Gasteiger partial charge in [-0.15, -0.1) is 0 Å². The second-order valence-corrected chi connectivity index (χ2v) is 10.8. The Labute approximate surface area is 267 Å². The van der Waals surface area contributed by atoms with Crippen LogP contribution in [-0.2, 0) is 38.4 Å². The van der Waals surface area contributed by atoms with E-state index in [2.05, 4.69) is 20.9 Å². The molecular formula is C33H41N7O6. The third-order valence-electron chi connectivity index (χ3n) is 7.12. The number of phenols is 1. The summed E-state index contributed by atoms with van der Waals surface area (Å²) in [5, 5.41) is 27.4. The van der Waals surface area contributed by atoms with Gasteiger partial charge in [0.25, 0.3) is 0 Å². The number of aromatic hydroxyl groups is 1. The lowest BCUT2D eigenvalue weighted by Crippen LogP contribution is -2.58. The number of rotatable bonds is 17. The van der Waals surface area contributed by atoms with Crippen LogP contribution in [0.1, 0.15) is 29.5 Å². The number of hydrogen-bond donors (Lipinski definition) is 8. The van der Waals surface area contributed by atoms with Gasteiger partial charge in [0.2, 0.25) is 17.7 Å². The summed E-state index contributed by atoms with van der Waals surface area (Å²) in [6, 6.07) is 19.7. The van der Waals surface area contributed by atoms with Crippen molar-refractivity contribution in [3.63, 3.8) is 0 Å². The van der Waals surface area contributed by atoms with E-state index in [4.69, 9.17) is 17.2 Å². The number of nitrogens with zero attached hydrogens (tertiary/aromatic N) is 1. The van der Waals surface area contributed by atoms with Gasteiger partial charge < -0.3 is 43.4 Å². The van der Waals surface area contributed by atoms with Crippen LogP contribution in [0.5, 0.6) is 5.75 Å². The van der Waals surface area contributed by atoms with Gasteiger partial charge in [0.15, 0.2) is 5.96 Å². The van der Waals surface area contributed by atoms with Crippen LogP contribution in [0.15, 0.2) is 89.9 Å². The van der Waals surface area contributed by atoms with Crippen molar-refractivity contribution in [3.05, 3.63) is 102 Å². The first-order valence-corrected chi connectivity index (χ1v) is 14.8. The molecule has 0 saturated carbocycles. The number of carboxylic acids is 1. The smallest absolute Gasteiger partial charge is 0.326 e. The maximum Gasteiger partial charge on any atom is 0.326 e. The van der Waals surface area contributed by atoms with E-state index in [1.807, 2.05) is 30.3 Å². The number of phenolic OH excluding ortho intramolecular Hbond substituents is 1. The Balaban J connectivity index is 1.81. The predicted octanol–water partition coefficient (Wildman–Crippen LogP) is 0.340. The monoisotopic (exact) mass is 631 g/mol. The molecule has 3 amide bonds. The summed E-state index contributed by atoms with van der Waals surface area (Å²) in [6.45, 7) is 0.178. The summed E-state index contributed by atoms with van der Waals surface area (Å²) < 4.78 is 0. The van der Waals surface area contributed by atoms with Gasteiger partial charge >= 0.3 is 5.97 Å². The Kier molecular flexibility index (Phi) is 13.5. The predicted molar refractivity (Wildman–Crippen MR) is 173 cm³/mol. The SMILES string of the molecule is NC(N)=NCCCC(NC(=O)C(Cc1ccccc1)NC(=O)C(Cc1ccc(O)cc1)NC(=O)C(N)Cc1ccccc1)C(=O)O. The molecule has 46 heavy (non-hydrogen) atoms. The van der Waals surface area contributed by atoms with Crippen molar-refractivity contribution in [2.24, 2.45) is 22.2 Å². The molecule has 11 N–H and O–H groups in total. The van der Waals surface area contributed by atoms with Crippen LogP contribution in [0.3, 0.4) is 0 Å². The van der Waals surface area contributed by atoms with Crippen LogP contribution >= 0.6 is 0 Å². The first-order valence-electron chi connectivity index (χ1n) is 14.8. The van der Waals surface area contributed by atoms with Crippen LogP contribution in [-0.4, -0.2) is 70.6 Å². The Bertz CT molecular complexity index is 1460. The van der Waals surface area contributed by atoms with Gasteiger partial charge in [-0.05, 0) is 48.1 Å². The van der Waals surface area contributed by atoms with Crippen molar-refractivity contribution in [1.29, 1.82) is 0 Å². The number of carbonyl (C=O) groups is 4. The van der Waals surface area contributed by atoms with Crippen LogP contribution in [0.25, 0.3) is 0 Å². The lowest BCUT2D eigenvalue weighted by molar-refractivity contribution is -0.142. The zero-order chi connectivity index (χ0) is 33.5. The van der Waals surface area contributed by atoms with Crippen molar-refractivity contribution in [3.8, 4) is 5.75 Å². The van der Waals surface area contributed by atoms with E-state index in [1.54, 1.807) is 42.5 Å². The molecule has 4 unspecified atom stereocenters. The Hall–Kier alpha value is -5.43. The molecule has 0 bridgehead atoms. The first-order chi connectivity index (χ1) is 22.0. The normalized spacial score (nSPS) is 13.3. The second-order valence-electron chi connectivity index (χ2n) is 10.8. The highest BCUT2D eigenvalue weighted by molar-refractivity contribution is 5.94. The highest BCUT2D eigenvalue weighted by Gasteiger charge is 2.30. The highest BCUT2D eigenvalue weighted by atomic mass is 16.4. The Morgan fingerprint density at radius 3 is 1.61 bits per heavy atom. The summed E-state index contributed by atoms with van der Waals surface area (Å²) in [5.41, 5.74) is 19.0. The number of carboxylic acid groups (broad SMARTS) is 1. The number of aliphatic imine (C=N–C) groups is 1. The fraction of sp³-hybridized carbons (Fsp3) is 0.303. The third kappa shape index (κ3) is 11.9. The maximum atomic E-state index is 13.8. The quantitative estimate of drug-likeness (QED) is 0.0582. The molecule has 0 aliphatic heterocycles. The minimum atomic E-state index is -1.26. The van der Waals surface area contributed by atoms with E-state index in [9.17, 15) is 29.4 Å². The largest absolute Gasteiger partial charge is 0.508 e. The minimum Gasteiger partial charge on any atom is -0.508 e. The van der Waals surface area contributed by atoms with E-state index < -0.39 is 47.9 Å². The molecule has 3 aromatic rings. The molecule has 0 aromatic heterocycles. The van der Waals surface area contributed by atoms with Gasteiger partial charge in [-0.25, -0.2) is 4.79 Å². The average molecular weight is 632 g/mol. The van der Waals surface area contributed by atoms with E-state index >= 15 is 0 Å². The molecule has 0 saturated heterocycles. The Morgan fingerprint density at radius 1 is 0.652 bits per heavy atom. The molecule has 13 heteroatoms. The van der Waals surface area contributed by atoms with E-state index in [-0.39, 0.29) is 50.4 Å². The van der Waals surface area contributed by atoms with Crippen molar-refractivity contribution >= 4 is 29.7 Å². The maximum absolute atomic E-state index is 13.8. The zero-order valence-corrected chi connectivity index (χ0v) is 25.3. The van der Waals surface area contributed by atoms with Crippen LogP contribution in [0, 0.1) is 0 Å². The number of nitrogens with one attached hydrogen (secondary N) is 3. The van der Waals surface area contributed by atoms with Gasteiger partial charge in [0, 0.05) is 19.4 Å². The third-order valence-corrected chi connectivity index (χ3v) is 7.12. The number of nitrogens with two attached hydrogens (primary N) is 3. The number of guanidine groups is 1. The average Bonchev–Trinajstić information content (AvgIpc) is 3.03. The van der Waals surface area contributed by atoms with E-state index in [0.29, 0.717) is 11.1 Å². The minimum absolute atomic E-state index is 0.0259. The molecule has 0 heterocycles. The molecule has 3 aromatic carbocycles. The molecule has 0 spiro atoms. The zero-order valence-electron chi connectivity index (χ0n) is 25.3. The number of benzene rings is 3. The molecule has 13 nitrogen and oxygen atoms in total. The second kappa shape index (κ2) is 17.8. The van der Waals surface area contributed by atoms with Gasteiger partial charge in [-0.3, -0.25) is 19.4 Å². The summed E-state index contributed by atoms with van der Waals surface area (Å²) in [5.74, 6) is -3.32. The number of amides is 3. The fourth-order valence-corrected chi connectivity index (χ4v) is 4.68. The van der Waals surface area contributed by atoms with Crippen LogP contribution in [0.4, 0.5) is 0 Å². The molecule has 3 rings (SSSR count). The molecule has 0 aliphatic rings. The lowest BCUT2D eigenvalue weighted by atomic mass is 10.0. The van der Waals surface area contributed by atoms with Crippen molar-refractivity contribution in [2.75, 3.05) is 6.54 Å². The standard InChI is InChI=1S/C33H41N7O6/c34-25(18-21-8-3-1-4-9-21)29(42)39-27(20-23-13-15-24(41)16-14-23)31(44)40-28(19-22-10-5-2-6-11-22)30(43)38-26(32(45)46)12-7-17-37-33(35)36/h1-6,8-11,13-16,25-28,41H,7,12,17-20,34H2,(H,38,43)(H,39,42)(H,40,44)(H,45,46)(H4,35,36,37). The number of aliphatic carboxylic acids is 1. The van der Waals surface area contributed by atoms with E-state index in [1.165, 1.54) is 12.1 Å². The molecule has 244 valence electrons.